The number of aromatic carboxylic acids is 4. The van der Waals surface area contributed by atoms with Crippen LogP contribution in [0, 0.1) is 0 Å². The highest BCUT2D eigenvalue weighted by Crippen LogP contribution is 2.45. The molecule has 8 heteroatoms. The molecule has 0 bridgehead atoms. The van der Waals surface area contributed by atoms with Crippen LogP contribution in [-0.4, -0.2) is 44.3 Å². The van der Waals surface area contributed by atoms with Crippen LogP contribution in [0.15, 0.2) is 72.8 Å². The van der Waals surface area contributed by atoms with Gasteiger partial charge in [-0.15, -0.1) is 0 Å². The summed E-state index contributed by atoms with van der Waals surface area (Å²) in [7, 11) is 0. The lowest BCUT2D eigenvalue weighted by Gasteiger charge is -2.20. The predicted molar refractivity (Wildman–Crippen MR) is 149 cm³/mol. The summed E-state index contributed by atoms with van der Waals surface area (Å²) in [5, 5.41) is 43.3. The third-order valence-corrected chi connectivity index (χ3v) is 7.54. The lowest BCUT2D eigenvalue weighted by molar-refractivity contribution is 0.0680. The van der Waals surface area contributed by atoms with E-state index in [2.05, 4.69) is 0 Å². The number of benzene rings is 6. The van der Waals surface area contributed by atoms with Crippen LogP contribution in [-0.2, 0) is 12.8 Å². The monoisotopic (exact) mass is 532 g/mol. The summed E-state index contributed by atoms with van der Waals surface area (Å²) in [4.78, 5) is 49.4. The minimum absolute atomic E-state index is 0.0595. The maximum atomic E-state index is 12.7. The van der Waals surface area contributed by atoms with Gasteiger partial charge in [-0.25, -0.2) is 19.2 Å². The zero-order valence-corrected chi connectivity index (χ0v) is 20.8. The number of hydrogen-bond acceptors (Lipinski definition) is 4. The summed E-state index contributed by atoms with van der Waals surface area (Å²) in [5.41, 5.74) is 0.787. The smallest absolute Gasteiger partial charge is 0.336 e. The van der Waals surface area contributed by atoms with E-state index in [1.165, 1.54) is 18.2 Å². The second-order valence-electron chi connectivity index (χ2n) is 9.65. The molecule has 0 atom stereocenters. The summed E-state index contributed by atoms with van der Waals surface area (Å²) in [6.07, 6.45) is 0.803. The predicted octanol–water partition coefficient (Wildman–Crippen LogP) is 6.32. The van der Waals surface area contributed by atoms with Crippen LogP contribution >= 0.6 is 0 Å². The second kappa shape index (κ2) is 9.06. The van der Waals surface area contributed by atoms with E-state index in [0.29, 0.717) is 50.7 Å². The maximum Gasteiger partial charge on any atom is 0.336 e. The number of aryl methyl sites for hydroxylation is 2. The lowest BCUT2D eigenvalue weighted by atomic mass is 9.82. The van der Waals surface area contributed by atoms with Gasteiger partial charge in [0.05, 0.1) is 22.3 Å². The number of carboxylic acids is 4. The van der Waals surface area contributed by atoms with Gasteiger partial charge in [-0.1, -0.05) is 48.5 Å². The van der Waals surface area contributed by atoms with Crippen LogP contribution in [0.5, 0.6) is 0 Å². The lowest BCUT2D eigenvalue weighted by Crippen LogP contribution is -2.10. The first-order valence-electron chi connectivity index (χ1n) is 12.4. The van der Waals surface area contributed by atoms with Gasteiger partial charge in [-0.3, -0.25) is 0 Å². The Labute approximate surface area is 225 Å². The Morgan fingerprint density at radius 1 is 0.475 bits per heavy atom. The standard InChI is InChI=1S/C32H20O8/c33-29(34)20-11-8-17-18-9-13-22(31(37)38)28-24(32(39)40)16(7-6-15-4-2-1-3-5-15)14-23(26(18)28)19-10-12-21(30(35)36)27(20)25(17)19/h1-5,8-14H,6-7H2,(H,33,34)(H,35,36)(H,37,38)(H,39,40). The molecule has 40 heavy (non-hydrogen) atoms. The van der Waals surface area contributed by atoms with E-state index < -0.39 is 23.9 Å². The van der Waals surface area contributed by atoms with Crippen molar-refractivity contribution in [3.8, 4) is 0 Å². The van der Waals surface area contributed by atoms with Crippen molar-refractivity contribution < 1.29 is 39.6 Å². The molecule has 0 saturated carbocycles. The Hall–Kier alpha value is -5.50. The minimum Gasteiger partial charge on any atom is -0.478 e. The van der Waals surface area contributed by atoms with E-state index in [1.807, 2.05) is 30.3 Å². The van der Waals surface area contributed by atoms with Crippen LogP contribution in [0.1, 0.15) is 52.6 Å². The number of fused-ring (bicyclic) bond motifs is 2. The van der Waals surface area contributed by atoms with E-state index >= 15 is 0 Å². The van der Waals surface area contributed by atoms with Gasteiger partial charge in [0.25, 0.3) is 0 Å². The molecular weight excluding hydrogens is 512 g/mol. The van der Waals surface area contributed by atoms with E-state index in [0.717, 1.165) is 5.56 Å². The molecule has 0 radical (unpaired) electrons. The third kappa shape index (κ3) is 3.61. The molecule has 8 nitrogen and oxygen atoms in total. The fraction of sp³-hybridized carbons (Fsp3) is 0.0625. The molecule has 0 saturated heterocycles. The van der Waals surface area contributed by atoms with Crippen molar-refractivity contribution in [3.63, 3.8) is 0 Å². The molecule has 0 aliphatic heterocycles. The number of carbonyl (C=O) groups is 4. The molecule has 0 spiro atoms. The molecule has 196 valence electrons. The molecule has 0 heterocycles. The molecule has 0 aromatic heterocycles. The summed E-state index contributed by atoms with van der Waals surface area (Å²) >= 11 is 0. The van der Waals surface area contributed by atoms with Crippen molar-refractivity contribution >= 4 is 67.0 Å². The third-order valence-electron chi connectivity index (χ3n) is 7.54. The van der Waals surface area contributed by atoms with Crippen molar-refractivity contribution in [2.24, 2.45) is 0 Å². The highest BCUT2D eigenvalue weighted by molar-refractivity contribution is 6.38. The number of rotatable bonds is 7. The molecule has 0 fully saturated rings. The molecular formula is C32H20O8. The van der Waals surface area contributed by atoms with Crippen LogP contribution in [0.2, 0.25) is 0 Å². The molecule has 0 unspecified atom stereocenters. The van der Waals surface area contributed by atoms with Crippen molar-refractivity contribution in [1.29, 1.82) is 0 Å². The Bertz CT molecular complexity index is 2040. The number of hydrogen-bond donors (Lipinski definition) is 4. The zero-order chi connectivity index (χ0) is 28.3. The first-order chi connectivity index (χ1) is 19.2. The highest BCUT2D eigenvalue weighted by Gasteiger charge is 2.27. The van der Waals surface area contributed by atoms with Gasteiger partial charge in [-0.2, -0.15) is 0 Å². The van der Waals surface area contributed by atoms with E-state index in [1.54, 1.807) is 24.3 Å². The molecule has 6 aromatic rings. The van der Waals surface area contributed by atoms with Gasteiger partial charge in [0, 0.05) is 10.8 Å². The fourth-order valence-electron chi connectivity index (χ4n) is 5.90. The van der Waals surface area contributed by atoms with Crippen molar-refractivity contribution in [2.75, 3.05) is 0 Å². The Morgan fingerprint density at radius 3 is 1.45 bits per heavy atom. The summed E-state index contributed by atoms with van der Waals surface area (Å²) < 4.78 is 0. The summed E-state index contributed by atoms with van der Waals surface area (Å²) in [6.45, 7) is 0. The van der Waals surface area contributed by atoms with Gasteiger partial charge >= 0.3 is 23.9 Å². The van der Waals surface area contributed by atoms with E-state index in [-0.39, 0.29) is 33.0 Å². The van der Waals surface area contributed by atoms with Crippen LogP contribution < -0.4 is 0 Å². The fourth-order valence-corrected chi connectivity index (χ4v) is 5.90. The quantitative estimate of drug-likeness (QED) is 0.138. The van der Waals surface area contributed by atoms with E-state index in [4.69, 9.17) is 0 Å². The molecule has 4 N–H and O–H groups in total. The Morgan fingerprint density at radius 2 is 0.950 bits per heavy atom. The average molecular weight is 533 g/mol. The first-order valence-corrected chi connectivity index (χ1v) is 12.4. The summed E-state index contributed by atoms with van der Waals surface area (Å²) in [6, 6.07) is 19.9. The van der Waals surface area contributed by atoms with Crippen LogP contribution in [0.25, 0.3) is 43.1 Å². The van der Waals surface area contributed by atoms with Gasteiger partial charge in [0.2, 0.25) is 0 Å². The zero-order valence-electron chi connectivity index (χ0n) is 20.8. The van der Waals surface area contributed by atoms with Crippen molar-refractivity contribution in [3.05, 3.63) is 106 Å². The van der Waals surface area contributed by atoms with Gasteiger partial charge in [0.15, 0.2) is 0 Å². The Kier molecular flexibility index (Phi) is 5.62. The summed E-state index contributed by atoms with van der Waals surface area (Å²) in [5.74, 6) is -5.10. The molecule has 0 aliphatic carbocycles. The number of carboxylic acid groups (broad SMARTS) is 4. The van der Waals surface area contributed by atoms with Gasteiger partial charge < -0.3 is 20.4 Å². The topological polar surface area (TPSA) is 149 Å². The SMILES string of the molecule is O=C(O)c1ccc2c3ccc(C(=O)O)c4c(C(=O)O)c(CCc5ccccc5)cc(c5ccc(C(=O)O)c1c25)c43. The maximum absolute atomic E-state index is 12.7. The highest BCUT2D eigenvalue weighted by atomic mass is 16.4. The van der Waals surface area contributed by atoms with Gasteiger partial charge in [0.1, 0.15) is 0 Å². The average Bonchev–Trinajstić information content (AvgIpc) is 2.93. The van der Waals surface area contributed by atoms with Gasteiger partial charge in [-0.05, 0) is 80.6 Å². The minimum atomic E-state index is -1.28. The largest absolute Gasteiger partial charge is 0.478 e. The first kappa shape index (κ1) is 24.8. The Balaban J connectivity index is 1.83. The van der Waals surface area contributed by atoms with Crippen molar-refractivity contribution in [1.82, 2.24) is 0 Å². The normalized spacial score (nSPS) is 11.5. The molecule has 0 aliphatic rings. The molecule has 6 aromatic carbocycles. The van der Waals surface area contributed by atoms with Crippen LogP contribution in [0.3, 0.4) is 0 Å². The van der Waals surface area contributed by atoms with E-state index in [9.17, 15) is 39.6 Å². The molecule has 0 amide bonds. The second-order valence-corrected chi connectivity index (χ2v) is 9.65. The molecule has 6 rings (SSSR count). The van der Waals surface area contributed by atoms with Crippen molar-refractivity contribution in [2.45, 2.75) is 12.8 Å². The van der Waals surface area contributed by atoms with Crippen LogP contribution in [0.4, 0.5) is 0 Å².